The summed E-state index contributed by atoms with van der Waals surface area (Å²) in [6.45, 7) is 1.99. The van der Waals surface area contributed by atoms with Crippen molar-refractivity contribution in [1.29, 1.82) is 5.26 Å². The van der Waals surface area contributed by atoms with E-state index in [4.69, 9.17) is 5.26 Å². The smallest absolute Gasteiger partial charge is 0.227 e. The van der Waals surface area contributed by atoms with Gasteiger partial charge in [0.2, 0.25) is 5.95 Å². The Labute approximate surface area is 145 Å². The first kappa shape index (κ1) is 16.1. The first-order chi connectivity index (χ1) is 12.2. The van der Waals surface area contributed by atoms with E-state index in [1.54, 1.807) is 36.5 Å². The monoisotopic (exact) mass is 329 g/mol. The molecule has 6 nitrogen and oxygen atoms in total. The summed E-state index contributed by atoms with van der Waals surface area (Å²) in [5.41, 5.74) is 4.08. The van der Waals surface area contributed by atoms with Gasteiger partial charge < -0.3 is 10.5 Å². The SMILES string of the molecule is Cc1ccc(/C(=N\O)c2ccnc(Nc3ccc(C#N)cc3)n2)cc1. The topological polar surface area (TPSA) is 94.2 Å². The highest BCUT2D eigenvalue weighted by Crippen LogP contribution is 2.16. The number of nitrogens with zero attached hydrogens (tertiary/aromatic N) is 4. The minimum absolute atomic E-state index is 0.366. The van der Waals surface area contributed by atoms with Crippen LogP contribution < -0.4 is 5.32 Å². The molecule has 1 aromatic heterocycles. The average molecular weight is 329 g/mol. The number of aromatic nitrogens is 2. The molecule has 3 rings (SSSR count). The number of hydrogen-bond donors (Lipinski definition) is 2. The van der Waals surface area contributed by atoms with Crippen LogP contribution in [0.15, 0.2) is 65.9 Å². The normalized spacial score (nSPS) is 11.0. The molecule has 0 radical (unpaired) electrons. The summed E-state index contributed by atoms with van der Waals surface area (Å²) < 4.78 is 0. The van der Waals surface area contributed by atoms with Gasteiger partial charge in [0.25, 0.3) is 0 Å². The molecule has 0 unspecified atom stereocenters. The predicted octanol–water partition coefficient (Wildman–Crippen LogP) is 3.63. The number of nitrogens with one attached hydrogen (secondary N) is 1. The Hall–Kier alpha value is -3.72. The van der Waals surface area contributed by atoms with E-state index in [-0.39, 0.29) is 0 Å². The van der Waals surface area contributed by atoms with Crippen molar-refractivity contribution >= 4 is 17.3 Å². The van der Waals surface area contributed by atoms with Crippen LogP contribution in [0.25, 0.3) is 0 Å². The molecular formula is C19H15N5O. The zero-order valence-electron chi connectivity index (χ0n) is 13.5. The van der Waals surface area contributed by atoms with Crippen molar-refractivity contribution in [3.63, 3.8) is 0 Å². The number of oxime groups is 1. The number of benzene rings is 2. The van der Waals surface area contributed by atoms with Crippen LogP contribution in [0.4, 0.5) is 11.6 Å². The quantitative estimate of drug-likeness (QED) is 0.433. The number of nitriles is 1. The fourth-order valence-corrected chi connectivity index (χ4v) is 2.28. The Morgan fingerprint density at radius 1 is 1.08 bits per heavy atom. The molecule has 0 fully saturated rings. The fourth-order valence-electron chi connectivity index (χ4n) is 2.28. The van der Waals surface area contributed by atoms with Crippen LogP contribution in [0, 0.1) is 18.3 Å². The Bertz CT molecular complexity index is 941. The van der Waals surface area contributed by atoms with Crippen LogP contribution in [-0.2, 0) is 0 Å². The van der Waals surface area contributed by atoms with E-state index in [0.29, 0.717) is 22.9 Å². The Morgan fingerprint density at radius 3 is 2.44 bits per heavy atom. The predicted molar refractivity (Wildman–Crippen MR) is 95.1 cm³/mol. The fraction of sp³-hybridized carbons (Fsp3) is 0.0526. The van der Waals surface area contributed by atoms with Crippen LogP contribution >= 0.6 is 0 Å². The van der Waals surface area contributed by atoms with Gasteiger partial charge in [-0.15, -0.1) is 0 Å². The number of hydrogen-bond acceptors (Lipinski definition) is 6. The molecule has 2 aromatic carbocycles. The van der Waals surface area contributed by atoms with E-state index in [1.165, 1.54) is 0 Å². The summed E-state index contributed by atoms with van der Waals surface area (Å²) in [7, 11) is 0. The van der Waals surface area contributed by atoms with E-state index < -0.39 is 0 Å². The van der Waals surface area contributed by atoms with Crippen molar-refractivity contribution in [2.45, 2.75) is 6.92 Å². The van der Waals surface area contributed by atoms with Crippen LogP contribution in [0.3, 0.4) is 0 Å². The summed E-state index contributed by atoms with van der Waals surface area (Å²) >= 11 is 0. The highest BCUT2D eigenvalue weighted by Gasteiger charge is 2.11. The van der Waals surface area contributed by atoms with Gasteiger partial charge in [-0.25, -0.2) is 9.97 Å². The van der Waals surface area contributed by atoms with Crippen LogP contribution in [0.2, 0.25) is 0 Å². The van der Waals surface area contributed by atoms with Gasteiger partial charge in [-0.1, -0.05) is 35.0 Å². The Morgan fingerprint density at radius 2 is 1.80 bits per heavy atom. The highest BCUT2D eigenvalue weighted by atomic mass is 16.4. The van der Waals surface area contributed by atoms with E-state index in [1.807, 2.05) is 31.2 Å². The third kappa shape index (κ3) is 3.79. The number of rotatable bonds is 4. The molecule has 0 amide bonds. The first-order valence-electron chi connectivity index (χ1n) is 7.59. The number of anilines is 2. The van der Waals surface area contributed by atoms with E-state index >= 15 is 0 Å². The van der Waals surface area contributed by atoms with Crippen molar-refractivity contribution in [3.8, 4) is 6.07 Å². The van der Waals surface area contributed by atoms with Gasteiger partial charge in [0.1, 0.15) is 5.71 Å². The summed E-state index contributed by atoms with van der Waals surface area (Å²) in [6.07, 6.45) is 1.59. The maximum atomic E-state index is 9.42. The average Bonchev–Trinajstić information content (AvgIpc) is 2.65. The Balaban J connectivity index is 1.87. The standard InChI is InChI=1S/C19H15N5O/c1-13-2-6-15(7-3-13)18(24-25)17-10-11-21-19(23-17)22-16-8-4-14(12-20)5-9-16/h2-11,25H,1H3,(H,21,22,23)/b24-18+. The third-order valence-corrected chi connectivity index (χ3v) is 3.59. The molecule has 0 aliphatic carbocycles. The molecule has 6 heteroatoms. The van der Waals surface area contributed by atoms with Crippen LogP contribution in [-0.4, -0.2) is 20.9 Å². The van der Waals surface area contributed by atoms with Crippen molar-refractivity contribution < 1.29 is 5.21 Å². The molecule has 0 bridgehead atoms. The maximum absolute atomic E-state index is 9.42. The zero-order chi connectivity index (χ0) is 17.6. The Kier molecular flexibility index (Phi) is 4.67. The summed E-state index contributed by atoms with van der Waals surface area (Å²) in [6, 6.07) is 18.3. The zero-order valence-corrected chi connectivity index (χ0v) is 13.5. The van der Waals surface area contributed by atoms with Gasteiger partial charge in [-0.3, -0.25) is 0 Å². The van der Waals surface area contributed by atoms with Gasteiger partial charge >= 0.3 is 0 Å². The largest absolute Gasteiger partial charge is 0.410 e. The molecule has 0 saturated heterocycles. The molecule has 2 N–H and O–H groups in total. The van der Waals surface area contributed by atoms with Crippen LogP contribution in [0.5, 0.6) is 0 Å². The van der Waals surface area contributed by atoms with E-state index in [0.717, 1.165) is 16.8 Å². The van der Waals surface area contributed by atoms with Gasteiger partial charge in [0.15, 0.2) is 0 Å². The van der Waals surface area contributed by atoms with Gasteiger partial charge in [0.05, 0.1) is 17.3 Å². The van der Waals surface area contributed by atoms with E-state index in [9.17, 15) is 5.21 Å². The molecule has 25 heavy (non-hydrogen) atoms. The van der Waals surface area contributed by atoms with Crippen molar-refractivity contribution in [3.05, 3.63) is 83.2 Å². The summed E-state index contributed by atoms with van der Waals surface area (Å²) in [5.74, 6) is 0.371. The second kappa shape index (κ2) is 7.23. The van der Waals surface area contributed by atoms with Gasteiger partial charge in [0, 0.05) is 17.4 Å². The molecule has 0 spiro atoms. The number of aryl methyl sites for hydroxylation is 1. The molecular weight excluding hydrogens is 314 g/mol. The molecule has 0 atom stereocenters. The highest BCUT2D eigenvalue weighted by molar-refractivity contribution is 6.11. The second-order valence-electron chi connectivity index (χ2n) is 5.39. The van der Waals surface area contributed by atoms with Gasteiger partial charge in [-0.2, -0.15) is 5.26 Å². The third-order valence-electron chi connectivity index (χ3n) is 3.59. The molecule has 122 valence electrons. The second-order valence-corrected chi connectivity index (χ2v) is 5.39. The van der Waals surface area contributed by atoms with Crippen molar-refractivity contribution in [1.82, 2.24) is 9.97 Å². The van der Waals surface area contributed by atoms with Gasteiger partial charge in [-0.05, 0) is 37.3 Å². The summed E-state index contributed by atoms with van der Waals surface area (Å²) in [4.78, 5) is 8.58. The minimum Gasteiger partial charge on any atom is -0.410 e. The lowest BCUT2D eigenvalue weighted by Gasteiger charge is -2.08. The minimum atomic E-state index is 0.366. The maximum Gasteiger partial charge on any atom is 0.227 e. The first-order valence-corrected chi connectivity index (χ1v) is 7.59. The summed E-state index contributed by atoms with van der Waals surface area (Å²) in [5, 5.41) is 24.7. The molecule has 0 saturated carbocycles. The van der Waals surface area contributed by atoms with Crippen LogP contribution in [0.1, 0.15) is 22.4 Å². The molecule has 3 aromatic rings. The molecule has 0 aliphatic heterocycles. The molecule has 0 aliphatic rings. The lowest BCUT2D eigenvalue weighted by Crippen LogP contribution is -2.08. The van der Waals surface area contributed by atoms with Crippen molar-refractivity contribution in [2.24, 2.45) is 5.16 Å². The lowest BCUT2D eigenvalue weighted by atomic mass is 10.1. The van der Waals surface area contributed by atoms with E-state index in [2.05, 4.69) is 26.5 Å². The lowest BCUT2D eigenvalue weighted by molar-refractivity contribution is 0.319. The molecule has 1 heterocycles. The van der Waals surface area contributed by atoms with Crippen molar-refractivity contribution in [2.75, 3.05) is 5.32 Å².